The van der Waals surface area contributed by atoms with Crippen LogP contribution in [-0.4, -0.2) is 5.91 Å². The molecule has 0 saturated carbocycles. The molecular formula is C18H20N4O. The summed E-state index contributed by atoms with van der Waals surface area (Å²) in [5.41, 5.74) is 13.8. The van der Waals surface area contributed by atoms with Crippen LogP contribution >= 0.6 is 0 Å². The summed E-state index contributed by atoms with van der Waals surface area (Å²) in [6, 6.07) is 15.5. The number of nitrogens with zero attached hydrogens (tertiary/aromatic N) is 1. The van der Waals surface area contributed by atoms with Gasteiger partial charge in [-0.05, 0) is 11.6 Å². The largest absolute Gasteiger partial charge is 0.396 e. The summed E-state index contributed by atoms with van der Waals surface area (Å²) in [4.78, 5) is 14.3. The fraction of sp³-hybridized carbons (Fsp3) is 0.167. The standard InChI is InChI=1S/C18H20N4O/c1-2-16(23)22-11-12-7-3-4-8-13(12)17(19)18(21-20)14-9-5-6-10-15(14)22/h3-10,21H,2,11,19-20H2,1H3/b18-17-. The van der Waals surface area contributed by atoms with Gasteiger partial charge in [0.2, 0.25) is 5.91 Å². The lowest BCUT2D eigenvalue weighted by atomic mass is 9.96. The van der Waals surface area contributed by atoms with Crippen molar-refractivity contribution in [1.29, 1.82) is 0 Å². The molecular weight excluding hydrogens is 288 g/mol. The van der Waals surface area contributed by atoms with E-state index in [1.165, 1.54) is 0 Å². The predicted octanol–water partition coefficient (Wildman–Crippen LogP) is 2.19. The maximum Gasteiger partial charge on any atom is 0.227 e. The maximum absolute atomic E-state index is 12.5. The molecule has 1 aliphatic heterocycles. The Bertz CT molecular complexity index is 782. The van der Waals surface area contributed by atoms with Crippen LogP contribution in [0.2, 0.25) is 0 Å². The van der Waals surface area contributed by atoms with Gasteiger partial charge >= 0.3 is 0 Å². The predicted molar refractivity (Wildman–Crippen MR) is 92.7 cm³/mol. The molecule has 0 aliphatic carbocycles. The van der Waals surface area contributed by atoms with Gasteiger partial charge in [0.05, 0.1) is 23.6 Å². The van der Waals surface area contributed by atoms with Gasteiger partial charge in [-0.2, -0.15) is 0 Å². The van der Waals surface area contributed by atoms with Gasteiger partial charge in [-0.25, -0.2) is 0 Å². The molecule has 0 atom stereocenters. The fourth-order valence-electron chi connectivity index (χ4n) is 2.95. The van der Waals surface area contributed by atoms with Crippen molar-refractivity contribution in [3.8, 4) is 0 Å². The Morgan fingerprint density at radius 3 is 2.48 bits per heavy atom. The number of hydrazine groups is 1. The molecule has 2 aromatic rings. The number of fused-ring (bicyclic) bond motifs is 2. The lowest BCUT2D eigenvalue weighted by molar-refractivity contribution is -0.118. The minimum Gasteiger partial charge on any atom is -0.396 e. The van der Waals surface area contributed by atoms with Crippen LogP contribution in [0.25, 0.3) is 11.4 Å². The second-order valence-corrected chi connectivity index (χ2v) is 5.44. The quantitative estimate of drug-likeness (QED) is 0.586. The maximum atomic E-state index is 12.5. The minimum atomic E-state index is 0.0593. The van der Waals surface area contributed by atoms with Gasteiger partial charge in [-0.1, -0.05) is 49.4 Å². The molecule has 2 aromatic carbocycles. The molecule has 1 heterocycles. The molecule has 5 nitrogen and oxygen atoms in total. The number of amides is 1. The summed E-state index contributed by atoms with van der Waals surface area (Å²) in [5.74, 6) is 5.81. The first kappa shape index (κ1) is 15.1. The Kier molecular flexibility index (Phi) is 4.04. The van der Waals surface area contributed by atoms with Crippen LogP contribution in [0.5, 0.6) is 0 Å². The topological polar surface area (TPSA) is 84.4 Å². The van der Waals surface area contributed by atoms with Crippen molar-refractivity contribution in [2.75, 3.05) is 4.90 Å². The molecule has 1 aliphatic rings. The highest BCUT2D eigenvalue weighted by atomic mass is 16.2. The number of nitrogens with two attached hydrogens (primary N) is 2. The molecule has 5 N–H and O–H groups in total. The zero-order valence-electron chi connectivity index (χ0n) is 13.0. The molecule has 5 heteroatoms. The monoisotopic (exact) mass is 308 g/mol. The number of anilines is 1. The Morgan fingerprint density at radius 1 is 1.13 bits per heavy atom. The number of hydrogen-bond donors (Lipinski definition) is 3. The third kappa shape index (κ3) is 2.55. The van der Waals surface area contributed by atoms with Crippen LogP contribution < -0.4 is 21.9 Å². The van der Waals surface area contributed by atoms with Crippen molar-refractivity contribution in [3.05, 3.63) is 65.2 Å². The van der Waals surface area contributed by atoms with E-state index in [1.807, 2.05) is 55.5 Å². The van der Waals surface area contributed by atoms with Crippen LogP contribution in [0.15, 0.2) is 48.5 Å². The fourth-order valence-corrected chi connectivity index (χ4v) is 2.95. The number of carbonyl (C=O) groups is 1. The highest BCUT2D eigenvalue weighted by molar-refractivity contribution is 6.00. The van der Waals surface area contributed by atoms with Gasteiger partial charge < -0.3 is 16.1 Å². The molecule has 0 aromatic heterocycles. The first-order valence-corrected chi connectivity index (χ1v) is 7.61. The molecule has 0 bridgehead atoms. The molecule has 0 saturated heterocycles. The van der Waals surface area contributed by atoms with Crippen molar-refractivity contribution in [2.45, 2.75) is 19.9 Å². The van der Waals surface area contributed by atoms with Crippen LogP contribution in [0.3, 0.4) is 0 Å². The van der Waals surface area contributed by atoms with E-state index in [1.54, 1.807) is 4.90 Å². The van der Waals surface area contributed by atoms with E-state index in [9.17, 15) is 4.79 Å². The van der Waals surface area contributed by atoms with Crippen molar-refractivity contribution in [2.24, 2.45) is 11.6 Å². The number of nitrogens with one attached hydrogen (secondary N) is 1. The average Bonchev–Trinajstić information content (AvgIpc) is 2.59. The minimum absolute atomic E-state index is 0.0593. The third-order valence-electron chi connectivity index (χ3n) is 4.12. The van der Waals surface area contributed by atoms with E-state index in [0.717, 1.165) is 22.4 Å². The van der Waals surface area contributed by atoms with E-state index >= 15 is 0 Å². The van der Waals surface area contributed by atoms with Gasteiger partial charge in [0, 0.05) is 17.5 Å². The number of para-hydroxylation sites is 1. The first-order valence-electron chi connectivity index (χ1n) is 7.61. The summed E-state index contributed by atoms with van der Waals surface area (Å²) in [7, 11) is 0. The summed E-state index contributed by atoms with van der Waals surface area (Å²) in [6.07, 6.45) is 0.432. The van der Waals surface area contributed by atoms with Crippen molar-refractivity contribution < 1.29 is 4.79 Å². The van der Waals surface area contributed by atoms with Crippen LogP contribution in [0.4, 0.5) is 5.69 Å². The van der Waals surface area contributed by atoms with E-state index in [0.29, 0.717) is 24.4 Å². The summed E-state index contributed by atoms with van der Waals surface area (Å²) >= 11 is 0. The normalized spacial score (nSPS) is 16.9. The second-order valence-electron chi connectivity index (χ2n) is 5.44. The molecule has 1 amide bonds. The summed E-state index contributed by atoms with van der Waals surface area (Å²) in [6.45, 7) is 2.35. The summed E-state index contributed by atoms with van der Waals surface area (Å²) < 4.78 is 0. The Morgan fingerprint density at radius 2 is 1.78 bits per heavy atom. The van der Waals surface area contributed by atoms with Crippen molar-refractivity contribution in [1.82, 2.24) is 5.43 Å². The molecule has 0 spiro atoms. The van der Waals surface area contributed by atoms with Gasteiger partial charge in [-0.3, -0.25) is 10.6 Å². The average molecular weight is 308 g/mol. The summed E-state index contributed by atoms with van der Waals surface area (Å²) in [5, 5.41) is 0. The molecule has 3 rings (SSSR count). The molecule has 0 fully saturated rings. The van der Waals surface area contributed by atoms with Crippen LogP contribution in [-0.2, 0) is 11.3 Å². The van der Waals surface area contributed by atoms with E-state index in [2.05, 4.69) is 5.43 Å². The van der Waals surface area contributed by atoms with Gasteiger partial charge in [0.15, 0.2) is 0 Å². The van der Waals surface area contributed by atoms with Crippen molar-refractivity contribution >= 4 is 23.0 Å². The van der Waals surface area contributed by atoms with Crippen molar-refractivity contribution in [3.63, 3.8) is 0 Å². The number of hydrogen-bond acceptors (Lipinski definition) is 4. The van der Waals surface area contributed by atoms with E-state index in [-0.39, 0.29) is 5.91 Å². The lowest BCUT2D eigenvalue weighted by Gasteiger charge is -2.29. The molecule has 0 radical (unpaired) electrons. The number of carbonyl (C=O) groups excluding carboxylic acids is 1. The lowest BCUT2D eigenvalue weighted by Crippen LogP contribution is -2.34. The first-order chi connectivity index (χ1) is 11.2. The SMILES string of the molecule is CCC(=O)N1Cc2ccccc2/C(N)=C(/NN)c2ccccc21. The Labute approximate surface area is 135 Å². The van der Waals surface area contributed by atoms with E-state index in [4.69, 9.17) is 11.6 Å². The Balaban J connectivity index is 2.32. The number of rotatable bonds is 2. The Hall–Kier alpha value is -2.79. The van der Waals surface area contributed by atoms with Crippen LogP contribution in [0, 0.1) is 0 Å². The number of benzene rings is 2. The second kappa shape index (κ2) is 6.14. The van der Waals surface area contributed by atoms with Gasteiger partial charge in [-0.15, -0.1) is 0 Å². The van der Waals surface area contributed by atoms with Crippen LogP contribution in [0.1, 0.15) is 30.0 Å². The zero-order chi connectivity index (χ0) is 16.4. The highest BCUT2D eigenvalue weighted by Gasteiger charge is 2.24. The smallest absolute Gasteiger partial charge is 0.227 e. The molecule has 0 unspecified atom stereocenters. The third-order valence-corrected chi connectivity index (χ3v) is 4.12. The van der Waals surface area contributed by atoms with Gasteiger partial charge in [0.1, 0.15) is 0 Å². The molecule has 118 valence electrons. The van der Waals surface area contributed by atoms with E-state index < -0.39 is 0 Å². The zero-order valence-corrected chi connectivity index (χ0v) is 13.0. The highest BCUT2D eigenvalue weighted by Crippen LogP contribution is 2.34. The van der Waals surface area contributed by atoms with Gasteiger partial charge in [0.25, 0.3) is 0 Å². The molecule has 23 heavy (non-hydrogen) atoms.